The summed E-state index contributed by atoms with van der Waals surface area (Å²) in [5.41, 5.74) is 2.13. The van der Waals surface area contributed by atoms with E-state index in [1.807, 2.05) is 6.07 Å². The van der Waals surface area contributed by atoms with Crippen LogP contribution >= 0.6 is 12.2 Å². The third-order valence-electron chi connectivity index (χ3n) is 3.70. The van der Waals surface area contributed by atoms with Crippen LogP contribution in [-0.4, -0.2) is 17.2 Å². The quantitative estimate of drug-likeness (QED) is 0.785. The van der Waals surface area contributed by atoms with Gasteiger partial charge in [-0.2, -0.15) is 0 Å². The second-order valence-electron chi connectivity index (χ2n) is 5.25. The Labute approximate surface area is 112 Å². The summed E-state index contributed by atoms with van der Waals surface area (Å²) in [5.74, 6) is -0.163. The van der Waals surface area contributed by atoms with E-state index in [1.165, 1.54) is 18.9 Å². The molecule has 4 heteroatoms. The largest absolute Gasteiger partial charge is 0.360 e. The van der Waals surface area contributed by atoms with Crippen LogP contribution in [-0.2, 0) is 6.42 Å². The number of hydrogen-bond donors (Lipinski definition) is 1. The molecule has 1 aromatic carbocycles. The molecule has 0 spiro atoms. The van der Waals surface area contributed by atoms with Crippen molar-refractivity contribution in [1.82, 2.24) is 5.32 Å². The number of hydrogen-bond acceptors (Lipinski definition) is 1. The van der Waals surface area contributed by atoms with E-state index in [9.17, 15) is 4.39 Å². The molecule has 1 atom stereocenters. The molecule has 0 aromatic heterocycles. The fourth-order valence-corrected chi connectivity index (χ4v) is 2.95. The highest BCUT2D eigenvalue weighted by atomic mass is 32.1. The van der Waals surface area contributed by atoms with Crippen molar-refractivity contribution in [2.75, 3.05) is 4.90 Å². The highest BCUT2D eigenvalue weighted by Gasteiger charge is 2.29. The Morgan fingerprint density at radius 1 is 1.39 bits per heavy atom. The van der Waals surface area contributed by atoms with Gasteiger partial charge in [0.2, 0.25) is 0 Å². The van der Waals surface area contributed by atoms with Crippen molar-refractivity contribution < 1.29 is 4.39 Å². The zero-order chi connectivity index (χ0) is 12.7. The molecule has 0 amide bonds. The second-order valence-corrected chi connectivity index (χ2v) is 5.64. The third-order valence-corrected chi connectivity index (χ3v) is 4.01. The Balaban J connectivity index is 1.90. The Bertz CT molecular complexity index is 485. The average Bonchev–Trinajstić information content (AvgIpc) is 3.13. The number of aryl methyl sites for hydroxylation is 1. The van der Waals surface area contributed by atoms with Crippen LogP contribution in [0.25, 0.3) is 0 Å². The summed E-state index contributed by atoms with van der Waals surface area (Å²) in [6, 6.07) is 5.93. The highest BCUT2D eigenvalue weighted by molar-refractivity contribution is 7.80. The predicted octanol–water partition coefficient (Wildman–Crippen LogP) is 3.00. The van der Waals surface area contributed by atoms with E-state index in [1.54, 1.807) is 6.07 Å². The van der Waals surface area contributed by atoms with Crippen LogP contribution in [0.4, 0.5) is 10.1 Å². The monoisotopic (exact) mass is 264 g/mol. The molecule has 96 valence electrons. The van der Waals surface area contributed by atoms with E-state index < -0.39 is 0 Å². The lowest BCUT2D eigenvalue weighted by Crippen LogP contribution is -2.48. The Kier molecular flexibility index (Phi) is 2.98. The van der Waals surface area contributed by atoms with Crippen molar-refractivity contribution in [3.63, 3.8) is 0 Å². The molecular formula is C14H17FN2S. The van der Waals surface area contributed by atoms with E-state index in [0.717, 1.165) is 29.2 Å². The molecule has 18 heavy (non-hydrogen) atoms. The molecule has 1 aromatic rings. The molecule has 0 unspecified atom stereocenters. The number of rotatable bonds is 1. The van der Waals surface area contributed by atoms with Crippen molar-refractivity contribution >= 4 is 23.0 Å². The lowest BCUT2D eigenvalue weighted by molar-refractivity contribution is 0.600. The van der Waals surface area contributed by atoms with E-state index in [2.05, 4.69) is 17.1 Å². The Morgan fingerprint density at radius 3 is 2.89 bits per heavy atom. The summed E-state index contributed by atoms with van der Waals surface area (Å²) in [6.07, 6.45) is 4.36. The summed E-state index contributed by atoms with van der Waals surface area (Å²) in [5, 5.41) is 4.16. The maximum absolute atomic E-state index is 13.3. The number of fused-ring (bicyclic) bond motifs is 1. The van der Waals surface area contributed by atoms with Crippen LogP contribution in [0.15, 0.2) is 18.2 Å². The molecule has 2 aliphatic rings. The molecule has 1 N–H and O–H groups in total. The van der Waals surface area contributed by atoms with Crippen LogP contribution in [0.2, 0.25) is 0 Å². The van der Waals surface area contributed by atoms with Gasteiger partial charge in [-0.05, 0) is 68.6 Å². The standard InChI is InChI=1S/C14H17FN2S/c1-9-2-3-10-8-11(15)4-7-13(10)17(9)14(18)16-12-5-6-12/h4,7-9,12H,2-3,5-6H2,1H3,(H,16,18)/t9-/m1/s1. The smallest absolute Gasteiger partial charge is 0.173 e. The minimum atomic E-state index is -0.163. The van der Waals surface area contributed by atoms with Gasteiger partial charge in [0.15, 0.2) is 5.11 Å². The zero-order valence-electron chi connectivity index (χ0n) is 10.4. The van der Waals surface area contributed by atoms with E-state index >= 15 is 0 Å². The molecule has 1 fully saturated rings. The summed E-state index contributed by atoms with van der Waals surface area (Å²) in [4.78, 5) is 2.14. The maximum Gasteiger partial charge on any atom is 0.173 e. The predicted molar refractivity (Wildman–Crippen MR) is 75.4 cm³/mol. The minimum absolute atomic E-state index is 0.163. The summed E-state index contributed by atoms with van der Waals surface area (Å²) in [7, 11) is 0. The first kappa shape index (κ1) is 11.9. The van der Waals surface area contributed by atoms with Gasteiger partial charge >= 0.3 is 0 Å². The van der Waals surface area contributed by atoms with Crippen molar-refractivity contribution in [2.24, 2.45) is 0 Å². The molecule has 1 heterocycles. The normalized spacial score (nSPS) is 22.6. The fraction of sp³-hybridized carbons (Fsp3) is 0.500. The van der Waals surface area contributed by atoms with E-state index in [4.69, 9.17) is 12.2 Å². The van der Waals surface area contributed by atoms with Gasteiger partial charge in [0.1, 0.15) is 5.82 Å². The van der Waals surface area contributed by atoms with Crippen LogP contribution in [0.1, 0.15) is 31.7 Å². The van der Waals surface area contributed by atoms with Crippen LogP contribution in [0.5, 0.6) is 0 Å². The van der Waals surface area contributed by atoms with Crippen molar-refractivity contribution in [1.29, 1.82) is 0 Å². The van der Waals surface area contributed by atoms with Crippen molar-refractivity contribution in [3.8, 4) is 0 Å². The number of anilines is 1. The Morgan fingerprint density at radius 2 is 2.17 bits per heavy atom. The SMILES string of the molecule is C[C@@H]1CCc2cc(F)ccc2N1C(=S)NC1CC1. The average molecular weight is 264 g/mol. The highest BCUT2D eigenvalue weighted by Crippen LogP contribution is 2.32. The van der Waals surface area contributed by atoms with E-state index in [-0.39, 0.29) is 5.82 Å². The molecule has 0 radical (unpaired) electrons. The second kappa shape index (κ2) is 4.50. The Hall–Kier alpha value is -1.16. The van der Waals surface area contributed by atoms with Gasteiger partial charge in [0, 0.05) is 17.8 Å². The molecule has 1 aliphatic carbocycles. The van der Waals surface area contributed by atoms with Crippen LogP contribution in [0, 0.1) is 5.82 Å². The van der Waals surface area contributed by atoms with Gasteiger partial charge in [-0.25, -0.2) is 4.39 Å². The summed E-state index contributed by atoms with van der Waals surface area (Å²) >= 11 is 5.50. The number of benzene rings is 1. The van der Waals surface area contributed by atoms with Gasteiger partial charge in [0.25, 0.3) is 0 Å². The van der Waals surface area contributed by atoms with Gasteiger partial charge < -0.3 is 10.2 Å². The van der Waals surface area contributed by atoms with E-state index in [0.29, 0.717) is 12.1 Å². The lowest BCUT2D eigenvalue weighted by atomic mass is 9.97. The number of nitrogens with one attached hydrogen (secondary N) is 1. The van der Waals surface area contributed by atoms with Crippen molar-refractivity contribution in [3.05, 3.63) is 29.6 Å². The van der Waals surface area contributed by atoms with Gasteiger partial charge in [-0.1, -0.05) is 0 Å². The first-order chi connectivity index (χ1) is 8.65. The fourth-order valence-electron chi connectivity index (χ4n) is 2.50. The molecular weight excluding hydrogens is 247 g/mol. The van der Waals surface area contributed by atoms with Gasteiger partial charge in [0.05, 0.1) is 0 Å². The van der Waals surface area contributed by atoms with Crippen LogP contribution in [0.3, 0.4) is 0 Å². The number of thiocarbonyl (C=S) groups is 1. The molecule has 1 aliphatic heterocycles. The third kappa shape index (κ3) is 2.21. The molecule has 3 rings (SSSR count). The first-order valence-electron chi connectivity index (χ1n) is 6.53. The minimum Gasteiger partial charge on any atom is -0.360 e. The lowest BCUT2D eigenvalue weighted by Gasteiger charge is -2.37. The molecule has 0 bridgehead atoms. The molecule has 2 nitrogen and oxygen atoms in total. The van der Waals surface area contributed by atoms with Gasteiger partial charge in [-0.15, -0.1) is 0 Å². The molecule has 0 saturated heterocycles. The zero-order valence-corrected chi connectivity index (χ0v) is 11.3. The van der Waals surface area contributed by atoms with Gasteiger partial charge in [-0.3, -0.25) is 0 Å². The molecule has 1 saturated carbocycles. The first-order valence-corrected chi connectivity index (χ1v) is 6.94. The number of halogens is 1. The van der Waals surface area contributed by atoms with Crippen molar-refractivity contribution in [2.45, 2.75) is 44.7 Å². The van der Waals surface area contributed by atoms with Crippen LogP contribution < -0.4 is 10.2 Å². The summed E-state index contributed by atoms with van der Waals surface area (Å²) in [6.45, 7) is 2.17. The topological polar surface area (TPSA) is 15.3 Å². The maximum atomic E-state index is 13.3. The summed E-state index contributed by atoms with van der Waals surface area (Å²) < 4.78 is 13.3. The number of nitrogens with zero attached hydrogens (tertiary/aromatic N) is 1.